The first-order chi connectivity index (χ1) is 12.0. The van der Waals surface area contributed by atoms with Gasteiger partial charge >= 0.3 is 5.69 Å². The monoisotopic (exact) mass is 349 g/mol. The minimum Gasteiger partial charge on any atom is -0.393 e. The van der Waals surface area contributed by atoms with Gasteiger partial charge in [-0.15, -0.1) is 0 Å². The molecule has 0 fully saturated rings. The van der Waals surface area contributed by atoms with Gasteiger partial charge in [-0.1, -0.05) is 0 Å². The fourth-order valence-electron chi connectivity index (χ4n) is 3.07. The van der Waals surface area contributed by atoms with Crippen molar-refractivity contribution in [3.8, 4) is 0 Å². The summed E-state index contributed by atoms with van der Waals surface area (Å²) in [5.74, 6) is 0. The highest BCUT2D eigenvalue weighted by Gasteiger charge is 2.19. The summed E-state index contributed by atoms with van der Waals surface area (Å²) in [5, 5.41) is 23.2. The van der Waals surface area contributed by atoms with E-state index in [0.717, 1.165) is 29.8 Å². The van der Waals surface area contributed by atoms with Gasteiger partial charge in [-0.25, -0.2) is 4.79 Å². The Morgan fingerprint density at radius 1 is 1.36 bits per heavy atom. The number of nitrogens with zero attached hydrogens (tertiary/aromatic N) is 4. The van der Waals surface area contributed by atoms with Crippen molar-refractivity contribution in [3.05, 3.63) is 50.1 Å². The number of hydrogen-bond acceptors (Lipinski definition) is 6. The molecule has 0 aromatic carbocycles. The highest BCUT2D eigenvalue weighted by atomic mass is 16.3. The van der Waals surface area contributed by atoms with Gasteiger partial charge in [-0.05, 0) is 18.9 Å². The lowest BCUT2D eigenvalue weighted by molar-refractivity contribution is 0.0916. The van der Waals surface area contributed by atoms with Gasteiger partial charge in [0.05, 0.1) is 18.0 Å². The average Bonchev–Trinajstić information content (AvgIpc) is 2.91. The zero-order valence-electron chi connectivity index (χ0n) is 14.2. The van der Waals surface area contributed by atoms with Crippen molar-refractivity contribution in [3.63, 3.8) is 0 Å². The molecule has 0 bridgehead atoms. The summed E-state index contributed by atoms with van der Waals surface area (Å²) in [6, 6.07) is 1.82. The van der Waals surface area contributed by atoms with E-state index in [1.807, 2.05) is 10.7 Å². The van der Waals surface area contributed by atoms with Gasteiger partial charge in [0.15, 0.2) is 0 Å². The summed E-state index contributed by atoms with van der Waals surface area (Å²) < 4.78 is 2.95. The molecule has 0 amide bonds. The Morgan fingerprint density at radius 3 is 2.92 bits per heavy atom. The Hall–Kier alpha value is -2.23. The minimum atomic E-state index is -0.961. The lowest BCUT2D eigenvalue weighted by Crippen LogP contribution is -2.35. The zero-order valence-corrected chi connectivity index (χ0v) is 14.2. The number of aromatic nitrogens is 4. The number of aliphatic hydroxyl groups is 2. The van der Waals surface area contributed by atoms with E-state index in [4.69, 9.17) is 5.11 Å². The van der Waals surface area contributed by atoms with Crippen molar-refractivity contribution in [2.45, 2.75) is 32.0 Å². The number of aliphatic hydroxyl groups excluding tert-OH is 2. The smallest absolute Gasteiger partial charge is 0.328 e. The molecule has 0 aliphatic carbocycles. The molecular formula is C16H23N5O4. The van der Waals surface area contributed by atoms with Gasteiger partial charge in [-0.2, -0.15) is 5.10 Å². The Bertz CT molecular complexity index is 853. The molecule has 1 aliphatic rings. The van der Waals surface area contributed by atoms with Crippen LogP contribution in [0.25, 0.3) is 0 Å². The number of aryl methyl sites for hydroxylation is 1. The van der Waals surface area contributed by atoms with E-state index in [2.05, 4.69) is 15.0 Å². The molecule has 3 N–H and O–H groups in total. The molecule has 25 heavy (non-hydrogen) atoms. The van der Waals surface area contributed by atoms with E-state index >= 15 is 0 Å². The van der Waals surface area contributed by atoms with Crippen LogP contribution in [0.5, 0.6) is 0 Å². The normalized spacial score (nSPS) is 16.4. The second-order valence-electron chi connectivity index (χ2n) is 6.34. The first-order valence-corrected chi connectivity index (χ1v) is 8.35. The first-order valence-electron chi connectivity index (χ1n) is 8.35. The van der Waals surface area contributed by atoms with Gasteiger partial charge in [0.25, 0.3) is 5.56 Å². The van der Waals surface area contributed by atoms with E-state index in [0.29, 0.717) is 30.8 Å². The van der Waals surface area contributed by atoms with E-state index in [1.54, 1.807) is 0 Å². The van der Waals surface area contributed by atoms with Gasteiger partial charge in [0.1, 0.15) is 6.10 Å². The van der Waals surface area contributed by atoms with Crippen LogP contribution >= 0.6 is 0 Å². The van der Waals surface area contributed by atoms with Crippen LogP contribution in [0.3, 0.4) is 0 Å². The molecule has 9 heteroatoms. The molecule has 9 nitrogen and oxygen atoms in total. The molecule has 3 rings (SSSR count). The second-order valence-corrected chi connectivity index (χ2v) is 6.34. The highest BCUT2D eigenvalue weighted by Crippen LogP contribution is 2.18. The summed E-state index contributed by atoms with van der Waals surface area (Å²) in [6.45, 7) is 2.63. The van der Waals surface area contributed by atoms with Crippen molar-refractivity contribution in [1.29, 1.82) is 0 Å². The number of hydrogen-bond donors (Lipinski definition) is 3. The van der Waals surface area contributed by atoms with Crippen molar-refractivity contribution < 1.29 is 10.2 Å². The fraction of sp³-hybridized carbons (Fsp3) is 0.562. The van der Waals surface area contributed by atoms with Crippen LogP contribution in [0.15, 0.2) is 21.9 Å². The van der Waals surface area contributed by atoms with E-state index in [-0.39, 0.29) is 12.2 Å². The van der Waals surface area contributed by atoms with Crippen LogP contribution in [0.2, 0.25) is 0 Å². The van der Waals surface area contributed by atoms with E-state index < -0.39 is 11.8 Å². The number of fused-ring (bicyclic) bond motifs is 1. The predicted octanol–water partition coefficient (Wildman–Crippen LogP) is -1.26. The maximum atomic E-state index is 12.1. The lowest BCUT2D eigenvalue weighted by atomic mass is 10.2. The number of H-pyrrole nitrogens is 1. The molecule has 0 saturated carbocycles. The molecule has 0 saturated heterocycles. The molecule has 1 atom stereocenters. The predicted molar refractivity (Wildman–Crippen MR) is 90.2 cm³/mol. The Morgan fingerprint density at radius 2 is 2.16 bits per heavy atom. The molecule has 2 aromatic rings. The quantitative estimate of drug-likeness (QED) is 0.621. The van der Waals surface area contributed by atoms with Crippen LogP contribution < -0.4 is 11.2 Å². The Labute approximate surface area is 144 Å². The SMILES string of the molecule is Cn1c(=O)[nH]cc(CCN2CCCn3nc([C@H](O)CO)cc3C2)c1=O. The topological polar surface area (TPSA) is 116 Å². The zero-order chi connectivity index (χ0) is 18.0. The number of nitrogens with one attached hydrogen (secondary N) is 1. The largest absolute Gasteiger partial charge is 0.393 e. The summed E-state index contributed by atoms with van der Waals surface area (Å²) in [6.07, 6.45) is 1.98. The van der Waals surface area contributed by atoms with Crippen LogP contribution in [-0.4, -0.2) is 54.1 Å². The summed E-state index contributed by atoms with van der Waals surface area (Å²) in [7, 11) is 1.46. The summed E-state index contributed by atoms with van der Waals surface area (Å²) in [4.78, 5) is 28.3. The van der Waals surface area contributed by atoms with Crippen LogP contribution in [0.1, 0.15) is 29.5 Å². The van der Waals surface area contributed by atoms with E-state index in [1.165, 1.54) is 13.2 Å². The van der Waals surface area contributed by atoms with E-state index in [9.17, 15) is 14.7 Å². The van der Waals surface area contributed by atoms with Crippen LogP contribution in [0.4, 0.5) is 0 Å². The van der Waals surface area contributed by atoms with Crippen molar-refractivity contribution in [2.75, 3.05) is 19.7 Å². The average molecular weight is 349 g/mol. The van der Waals surface area contributed by atoms with Gasteiger partial charge in [-0.3, -0.25) is 18.9 Å². The number of rotatable bonds is 5. The third-order valence-corrected chi connectivity index (χ3v) is 4.58. The standard InChI is InChI=1S/C16H23N5O4/c1-19-15(24)11(8-17-16(19)25)3-6-20-4-2-5-21-12(9-20)7-13(18-21)14(23)10-22/h7-8,14,22-23H,2-6,9-10H2,1H3,(H,17,25)/t14-/m1/s1. The maximum Gasteiger partial charge on any atom is 0.328 e. The van der Waals surface area contributed by atoms with Crippen LogP contribution in [-0.2, 0) is 26.6 Å². The van der Waals surface area contributed by atoms with Crippen molar-refractivity contribution >= 4 is 0 Å². The molecule has 0 spiro atoms. The van der Waals surface area contributed by atoms with Gasteiger partial charge < -0.3 is 15.2 Å². The Balaban J connectivity index is 1.70. The van der Waals surface area contributed by atoms with Crippen molar-refractivity contribution in [1.82, 2.24) is 24.2 Å². The maximum absolute atomic E-state index is 12.1. The third-order valence-electron chi connectivity index (χ3n) is 4.58. The molecule has 136 valence electrons. The highest BCUT2D eigenvalue weighted by molar-refractivity contribution is 5.14. The molecule has 2 aromatic heterocycles. The Kier molecular flexibility index (Phi) is 5.16. The third kappa shape index (κ3) is 3.73. The van der Waals surface area contributed by atoms with Crippen LogP contribution in [0, 0.1) is 0 Å². The summed E-state index contributed by atoms with van der Waals surface area (Å²) >= 11 is 0. The number of aromatic amines is 1. The molecule has 0 radical (unpaired) electrons. The summed E-state index contributed by atoms with van der Waals surface area (Å²) in [5.41, 5.74) is 1.36. The molecule has 3 heterocycles. The fourth-order valence-corrected chi connectivity index (χ4v) is 3.07. The van der Waals surface area contributed by atoms with Crippen molar-refractivity contribution in [2.24, 2.45) is 7.05 Å². The molecular weight excluding hydrogens is 326 g/mol. The second kappa shape index (κ2) is 7.34. The molecule has 0 unspecified atom stereocenters. The van der Waals surface area contributed by atoms with Gasteiger partial charge in [0.2, 0.25) is 0 Å². The first kappa shape index (κ1) is 17.6. The lowest BCUT2D eigenvalue weighted by Gasteiger charge is -2.19. The molecule has 1 aliphatic heterocycles. The van der Waals surface area contributed by atoms with Gasteiger partial charge in [0, 0.05) is 45.0 Å². The minimum absolute atomic E-state index is 0.267.